The minimum absolute atomic E-state index is 0.0263. The van der Waals surface area contributed by atoms with E-state index in [1.165, 1.54) is 37.2 Å². The number of aromatic nitrogens is 2. The third kappa shape index (κ3) is 4.90. The number of hydrogen-bond acceptors (Lipinski definition) is 5. The number of nitrogens with zero attached hydrogens (tertiary/aromatic N) is 2. The van der Waals surface area contributed by atoms with Crippen LogP contribution in [-0.2, 0) is 16.6 Å². The first-order valence-electron chi connectivity index (χ1n) is 8.15. The molecule has 7 nitrogen and oxygen atoms in total. The fraction of sp³-hybridized carbons (Fsp3) is 0.167. The van der Waals surface area contributed by atoms with Crippen LogP contribution in [0.4, 0.5) is 5.82 Å². The van der Waals surface area contributed by atoms with Gasteiger partial charge in [0, 0.05) is 22.3 Å². The number of methoxy groups -OCH3 is 2. The molecule has 0 aliphatic heterocycles. The molecule has 0 fully saturated rings. The van der Waals surface area contributed by atoms with Crippen LogP contribution in [0.15, 0.2) is 47.5 Å². The third-order valence-corrected chi connectivity index (χ3v) is 6.18. The van der Waals surface area contributed by atoms with Crippen molar-refractivity contribution in [3.63, 3.8) is 0 Å². The molecule has 2 aromatic carbocycles. The smallest absolute Gasteiger partial charge is 0.266 e. The molecule has 0 aliphatic carbocycles. The summed E-state index contributed by atoms with van der Waals surface area (Å²) < 4.78 is 39.8. The summed E-state index contributed by atoms with van der Waals surface area (Å²) in [6.45, 7) is 0.278. The number of hydrogen-bond donors (Lipinski definition) is 1. The summed E-state index contributed by atoms with van der Waals surface area (Å²) in [4.78, 5) is -0.106. The van der Waals surface area contributed by atoms with Gasteiger partial charge in [0.05, 0.1) is 20.8 Å². The molecular weight excluding hydrogens is 461 g/mol. The van der Waals surface area contributed by atoms with Crippen LogP contribution in [0, 0.1) is 0 Å². The van der Waals surface area contributed by atoms with Crippen molar-refractivity contribution in [3.8, 4) is 11.5 Å². The topological polar surface area (TPSA) is 82.4 Å². The maximum Gasteiger partial charge on any atom is 0.266 e. The summed E-state index contributed by atoms with van der Waals surface area (Å²) in [5, 5.41) is 5.31. The summed E-state index contributed by atoms with van der Waals surface area (Å²) in [5.74, 6) is 0.489. The molecular formula is C18H16Cl3N3O4S. The molecule has 0 spiro atoms. The molecule has 29 heavy (non-hydrogen) atoms. The van der Waals surface area contributed by atoms with Crippen molar-refractivity contribution in [2.45, 2.75) is 11.4 Å². The number of sulfonamides is 1. The van der Waals surface area contributed by atoms with Gasteiger partial charge in [-0.1, -0.05) is 40.9 Å². The Labute approximate surface area is 183 Å². The van der Waals surface area contributed by atoms with Gasteiger partial charge in [0.25, 0.3) is 10.0 Å². The molecule has 0 saturated carbocycles. The minimum atomic E-state index is -4.04. The molecule has 0 radical (unpaired) electrons. The molecule has 0 saturated heterocycles. The maximum absolute atomic E-state index is 12.9. The predicted octanol–water partition coefficient (Wildman–Crippen LogP) is 4.71. The summed E-state index contributed by atoms with van der Waals surface area (Å²) in [6, 6.07) is 9.51. The van der Waals surface area contributed by atoms with Crippen molar-refractivity contribution >= 4 is 50.6 Å². The SMILES string of the molecule is COc1ccc(OC)c(S(=O)(=O)Nc2nn(Cc3ccc(Cl)cc3Cl)cc2Cl)c1. The highest BCUT2D eigenvalue weighted by Crippen LogP contribution is 2.31. The predicted molar refractivity (Wildman–Crippen MR) is 113 cm³/mol. The number of nitrogens with one attached hydrogen (secondary N) is 1. The zero-order valence-electron chi connectivity index (χ0n) is 15.3. The summed E-state index contributed by atoms with van der Waals surface area (Å²) >= 11 is 18.3. The molecule has 0 amide bonds. The van der Waals surface area contributed by atoms with Crippen LogP contribution in [0.5, 0.6) is 11.5 Å². The van der Waals surface area contributed by atoms with Gasteiger partial charge in [0.1, 0.15) is 21.4 Å². The van der Waals surface area contributed by atoms with Crippen molar-refractivity contribution in [1.29, 1.82) is 0 Å². The molecule has 1 heterocycles. The Bertz CT molecular complexity index is 1150. The van der Waals surface area contributed by atoms with Crippen LogP contribution >= 0.6 is 34.8 Å². The second kappa shape index (κ2) is 8.71. The van der Waals surface area contributed by atoms with Gasteiger partial charge in [0.15, 0.2) is 5.82 Å². The largest absolute Gasteiger partial charge is 0.497 e. The van der Waals surface area contributed by atoms with Crippen LogP contribution < -0.4 is 14.2 Å². The van der Waals surface area contributed by atoms with Crippen LogP contribution in [0.1, 0.15) is 5.56 Å². The van der Waals surface area contributed by atoms with E-state index in [9.17, 15) is 8.42 Å². The van der Waals surface area contributed by atoms with E-state index < -0.39 is 10.0 Å². The Morgan fingerprint density at radius 1 is 1.03 bits per heavy atom. The monoisotopic (exact) mass is 475 g/mol. The lowest BCUT2D eigenvalue weighted by Gasteiger charge is -2.12. The number of halogens is 3. The Morgan fingerprint density at radius 3 is 2.45 bits per heavy atom. The first-order chi connectivity index (χ1) is 13.7. The average Bonchev–Trinajstić information content (AvgIpc) is 3.01. The summed E-state index contributed by atoms with van der Waals surface area (Å²) in [6.07, 6.45) is 1.49. The van der Waals surface area contributed by atoms with Crippen molar-refractivity contribution in [2.75, 3.05) is 18.9 Å². The van der Waals surface area contributed by atoms with Gasteiger partial charge in [-0.15, -0.1) is 0 Å². The molecule has 0 unspecified atom stereocenters. The van der Waals surface area contributed by atoms with E-state index in [4.69, 9.17) is 44.3 Å². The van der Waals surface area contributed by atoms with Gasteiger partial charge in [-0.25, -0.2) is 8.42 Å². The van der Waals surface area contributed by atoms with Crippen molar-refractivity contribution in [1.82, 2.24) is 9.78 Å². The Balaban J connectivity index is 1.89. The van der Waals surface area contributed by atoms with Crippen molar-refractivity contribution < 1.29 is 17.9 Å². The number of anilines is 1. The van der Waals surface area contributed by atoms with Crippen LogP contribution in [0.3, 0.4) is 0 Å². The first kappa shape index (κ1) is 21.6. The standard InChI is InChI=1S/C18H16Cl3N3O4S/c1-27-13-5-6-16(28-2)17(8-13)29(25,26)23-18-15(21)10-24(22-18)9-11-3-4-12(19)7-14(11)20/h3-8,10H,9H2,1-2H3,(H,22,23). The molecule has 0 aliphatic rings. The molecule has 3 aromatic rings. The van der Waals surface area contributed by atoms with Gasteiger partial charge in [-0.05, 0) is 29.8 Å². The fourth-order valence-electron chi connectivity index (χ4n) is 2.55. The molecule has 154 valence electrons. The molecule has 0 atom stereocenters. The second-order valence-electron chi connectivity index (χ2n) is 5.88. The summed E-state index contributed by atoms with van der Waals surface area (Å²) in [7, 11) is -1.23. The van der Waals surface area contributed by atoms with Crippen molar-refractivity contribution in [3.05, 3.63) is 63.2 Å². The van der Waals surface area contributed by atoms with Crippen LogP contribution in [0.25, 0.3) is 0 Å². The van der Waals surface area contributed by atoms with E-state index in [1.54, 1.807) is 24.3 Å². The second-order valence-corrected chi connectivity index (χ2v) is 8.78. The van der Waals surface area contributed by atoms with E-state index in [0.717, 1.165) is 5.56 Å². The quantitative estimate of drug-likeness (QED) is 0.534. The molecule has 1 N–H and O–H groups in total. The highest BCUT2D eigenvalue weighted by molar-refractivity contribution is 7.92. The lowest BCUT2D eigenvalue weighted by molar-refractivity contribution is 0.392. The van der Waals surface area contributed by atoms with Gasteiger partial charge in [-0.3, -0.25) is 9.40 Å². The zero-order chi connectivity index (χ0) is 21.2. The average molecular weight is 477 g/mol. The fourth-order valence-corrected chi connectivity index (χ4v) is 4.47. The lowest BCUT2D eigenvalue weighted by Crippen LogP contribution is -2.15. The minimum Gasteiger partial charge on any atom is -0.497 e. The third-order valence-electron chi connectivity index (χ3n) is 3.96. The highest BCUT2D eigenvalue weighted by atomic mass is 35.5. The van der Waals surface area contributed by atoms with Crippen molar-refractivity contribution in [2.24, 2.45) is 0 Å². The van der Waals surface area contributed by atoms with Gasteiger partial charge in [0.2, 0.25) is 0 Å². The number of ether oxygens (including phenoxy) is 2. The van der Waals surface area contributed by atoms with Gasteiger partial charge < -0.3 is 9.47 Å². The van der Waals surface area contributed by atoms with E-state index in [0.29, 0.717) is 15.8 Å². The maximum atomic E-state index is 12.9. The molecule has 3 rings (SSSR count). The zero-order valence-corrected chi connectivity index (χ0v) is 18.4. The van der Waals surface area contributed by atoms with Crippen LogP contribution in [-0.4, -0.2) is 32.4 Å². The summed E-state index contributed by atoms with van der Waals surface area (Å²) in [5.41, 5.74) is 0.749. The molecule has 0 bridgehead atoms. The van der Waals surface area contributed by atoms with E-state index >= 15 is 0 Å². The van der Waals surface area contributed by atoms with Gasteiger partial charge in [-0.2, -0.15) is 5.10 Å². The van der Waals surface area contributed by atoms with E-state index in [1.807, 2.05) is 0 Å². The lowest BCUT2D eigenvalue weighted by atomic mass is 10.2. The molecule has 11 heteroatoms. The van der Waals surface area contributed by atoms with E-state index in [-0.39, 0.29) is 28.0 Å². The molecule has 1 aromatic heterocycles. The number of benzene rings is 2. The Hall–Kier alpha value is -2.13. The van der Waals surface area contributed by atoms with E-state index in [2.05, 4.69) is 9.82 Å². The van der Waals surface area contributed by atoms with Crippen LogP contribution in [0.2, 0.25) is 15.1 Å². The van der Waals surface area contributed by atoms with Gasteiger partial charge >= 0.3 is 0 Å². The number of rotatable bonds is 7. The highest BCUT2D eigenvalue weighted by Gasteiger charge is 2.23. The Morgan fingerprint density at radius 2 is 1.79 bits per heavy atom. The first-order valence-corrected chi connectivity index (χ1v) is 10.8. The Kier molecular flexibility index (Phi) is 6.48. The normalized spacial score (nSPS) is 11.3.